The summed E-state index contributed by atoms with van der Waals surface area (Å²) in [5.74, 6) is -0.0192. The van der Waals surface area contributed by atoms with E-state index in [1.807, 2.05) is 25.1 Å². The molecule has 2 N–H and O–H groups in total. The van der Waals surface area contributed by atoms with Gasteiger partial charge < -0.3 is 5.73 Å². The number of benzene rings is 1. The van der Waals surface area contributed by atoms with Crippen molar-refractivity contribution in [2.24, 2.45) is 5.73 Å². The number of halogens is 1. The normalized spacial score (nSPS) is 38.8. The predicted octanol–water partition coefficient (Wildman–Crippen LogP) is 2.27. The molecule has 1 aromatic rings. The Morgan fingerprint density at radius 2 is 1.93 bits per heavy atom. The van der Waals surface area contributed by atoms with E-state index in [-0.39, 0.29) is 16.8 Å². The maximum atomic E-state index is 13.8. The Hall–Kier alpha value is -0.890. The van der Waals surface area contributed by atoms with Crippen LogP contribution in [0.4, 0.5) is 4.39 Å². The van der Waals surface area contributed by atoms with Crippen LogP contribution >= 0.6 is 0 Å². The van der Waals surface area contributed by atoms with Crippen molar-refractivity contribution in [3.63, 3.8) is 0 Å². The van der Waals surface area contributed by atoms with Crippen molar-refractivity contribution in [2.75, 3.05) is 0 Å². The summed E-state index contributed by atoms with van der Waals surface area (Å²) in [4.78, 5) is 0. The molecule has 3 aliphatic rings. The lowest BCUT2D eigenvalue weighted by molar-refractivity contribution is -0.0612. The number of nitrogens with two attached hydrogens (primary N) is 1. The fourth-order valence-corrected chi connectivity index (χ4v) is 3.21. The van der Waals surface area contributed by atoms with Gasteiger partial charge in [0.15, 0.2) is 0 Å². The Balaban J connectivity index is 2.02. The van der Waals surface area contributed by atoms with E-state index in [0.29, 0.717) is 0 Å². The topological polar surface area (TPSA) is 26.0 Å². The Morgan fingerprint density at radius 1 is 1.29 bits per heavy atom. The maximum absolute atomic E-state index is 13.8. The standard InChI is InChI=1S/C12H14FN/c1-8-3-2-4-9(10(8)13)11-5-12(14,6-11)7-11/h2-4H,5-7,14H2,1H3. The van der Waals surface area contributed by atoms with E-state index in [2.05, 4.69) is 0 Å². The Morgan fingerprint density at radius 3 is 2.50 bits per heavy atom. The van der Waals surface area contributed by atoms with Crippen molar-refractivity contribution >= 4 is 0 Å². The summed E-state index contributed by atoms with van der Waals surface area (Å²) in [6, 6.07) is 5.68. The minimum atomic E-state index is -0.0192. The summed E-state index contributed by atoms with van der Waals surface area (Å²) in [5, 5.41) is 0. The van der Waals surface area contributed by atoms with Gasteiger partial charge in [0.1, 0.15) is 5.82 Å². The monoisotopic (exact) mass is 191 g/mol. The van der Waals surface area contributed by atoms with Crippen molar-refractivity contribution < 1.29 is 4.39 Å². The average molecular weight is 191 g/mol. The summed E-state index contributed by atoms with van der Waals surface area (Å²) < 4.78 is 13.8. The van der Waals surface area contributed by atoms with Gasteiger partial charge in [0, 0.05) is 11.0 Å². The SMILES string of the molecule is Cc1cccc(C23CC(N)(C2)C3)c1F. The van der Waals surface area contributed by atoms with Crippen LogP contribution in [0.3, 0.4) is 0 Å². The van der Waals surface area contributed by atoms with Crippen LogP contribution in [0.25, 0.3) is 0 Å². The number of rotatable bonds is 1. The fraction of sp³-hybridized carbons (Fsp3) is 0.500. The van der Waals surface area contributed by atoms with Crippen LogP contribution in [0.1, 0.15) is 30.4 Å². The number of hydrogen-bond donors (Lipinski definition) is 1. The molecular formula is C12H14FN. The van der Waals surface area contributed by atoms with Gasteiger partial charge in [-0.3, -0.25) is 0 Å². The van der Waals surface area contributed by atoms with Gasteiger partial charge in [0.05, 0.1) is 0 Å². The zero-order valence-corrected chi connectivity index (χ0v) is 8.31. The second-order valence-corrected chi connectivity index (χ2v) is 5.11. The molecule has 0 aliphatic heterocycles. The lowest BCUT2D eigenvalue weighted by Crippen LogP contribution is -2.74. The average Bonchev–Trinajstić information content (AvgIpc) is 2.03. The first-order chi connectivity index (χ1) is 6.55. The highest BCUT2D eigenvalue weighted by molar-refractivity contribution is 5.43. The minimum Gasteiger partial charge on any atom is -0.325 e. The van der Waals surface area contributed by atoms with Gasteiger partial charge in [-0.2, -0.15) is 0 Å². The van der Waals surface area contributed by atoms with Gasteiger partial charge >= 0.3 is 0 Å². The third kappa shape index (κ3) is 0.825. The van der Waals surface area contributed by atoms with Crippen molar-refractivity contribution in [1.29, 1.82) is 0 Å². The predicted molar refractivity (Wildman–Crippen MR) is 53.6 cm³/mol. The van der Waals surface area contributed by atoms with Crippen LogP contribution in [0, 0.1) is 12.7 Å². The molecule has 0 saturated heterocycles. The minimum absolute atomic E-state index is 0.0192. The summed E-state index contributed by atoms with van der Waals surface area (Å²) in [5.41, 5.74) is 7.77. The summed E-state index contributed by atoms with van der Waals surface area (Å²) in [6.07, 6.45) is 2.92. The molecule has 2 heteroatoms. The van der Waals surface area contributed by atoms with E-state index in [0.717, 1.165) is 30.4 Å². The van der Waals surface area contributed by atoms with Crippen LogP contribution in [-0.2, 0) is 5.41 Å². The first-order valence-corrected chi connectivity index (χ1v) is 5.09. The Labute approximate surface area is 83.1 Å². The Bertz CT molecular complexity index is 391. The molecule has 2 bridgehead atoms. The van der Waals surface area contributed by atoms with E-state index in [1.165, 1.54) is 0 Å². The number of aryl methyl sites for hydroxylation is 1. The van der Waals surface area contributed by atoms with Crippen LogP contribution in [-0.4, -0.2) is 5.54 Å². The molecule has 0 spiro atoms. The molecular weight excluding hydrogens is 177 g/mol. The molecule has 3 aliphatic carbocycles. The molecule has 14 heavy (non-hydrogen) atoms. The van der Waals surface area contributed by atoms with Gasteiger partial charge in [-0.15, -0.1) is 0 Å². The van der Waals surface area contributed by atoms with Gasteiger partial charge in [0.2, 0.25) is 0 Å². The Kier molecular flexibility index (Phi) is 1.32. The van der Waals surface area contributed by atoms with Crippen molar-refractivity contribution in [3.8, 4) is 0 Å². The van der Waals surface area contributed by atoms with Crippen molar-refractivity contribution in [1.82, 2.24) is 0 Å². The van der Waals surface area contributed by atoms with Crippen LogP contribution in [0.15, 0.2) is 18.2 Å². The summed E-state index contributed by atoms with van der Waals surface area (Å²) in [6.45, 7) is 1.82. The highest BCUT2D eigenvalue weighted by atomic mass is 19.1. The van der Waals surface area contributed by atoms with E-state index in [4.69, 9.17) is 5.73 Å². The van der Waals surface area contributed by atoms with Crippen molar-refractivity contribution in [2.45, 2.75) is 37.1 Å². The second-order valence-electron chi connectivity index (χ2n) is 5.11. The molecule has 0 heterocycles. The first kappa shape index (κ1) is 8.42. The largest absolute Gasteiger partial charge is 0.325 e. The zero-order valence-electron chi connectivity index (χ0n) is 8.31. The molecule has 3 saturated carbocycles. The van der Waals surface area contributed by atoms with Crippen LogP contribution < -0.4 is 5.73 Å². The van der Waals surface area contributed by atoms with E-state index in [9.17, 15) is 4.39 Å². The van der Waals surface area contributed by atoms with E-state index >= 15 is 0 Å². The van der Waals surface area contributed by atoms with Crippen LogP contribution in [0.5, 0.6) is 0 Å². The molecule has 1 nitrogen and oxygen atoms in total. The quantitative estimate of drug-likeness (QED) is 0.724. The molecule has 0 unspecified atom stereocenters. The van der Waals surface area contributed by atoms with E-state index in [1.54, 1.807) is 0 Å². The fourth-order valence-electron chi connectivity index (χ4n) is 3.21. The zero-order chi connectivity index (χ0) is 9.97. The molecule has 4 rings (SSSR count). The van der Waals surface area contributed by atoms with E-state index < -0.39 is 0 Å². The summed E-state index contributed by atoms with van der Waals surface area (Å²) in [7, 11) is 0. The van der Waals surface area contributed by atoms with Crippen LogP contribution in [0.2, 0.25) is 0 Å². The molecule has 0 aromatic heterocycles. The third-order valence-electron chi connectivity index (χ3n) is 3.83. The van der Waals surface area contributed by atoms with Gasteiger partial charge in [0.25, 0.3) is 0 Å². The summed E-state index contributed by atoms with van der Waals surface area (Å²) >= 11 is 0. The molecule has 1 aromatic carbocycles. The maximum Gasteiger partial charge on any atom is 0.129 e. The molecule has 74 valence electrons. The highest BCUT2D eigenvalue weighted by Crippen LogP contribution is 2.66. The van der Waals surface area contributed by atoms with Gasteiger partial charge in [-0.25, -0.2) is 4.39 Å². The number of hydrogen-bond acceptors (Lipinski definition) is 1. The lowest BCUT2D eigenvalue weighted by atomic mass is 9.38. The molecule has 0 amide bonds. The molecule has 0 radical (unpaired) electrons. The molecule has 0 atom stereocenters. The van der Waals surface area contributed by atoms with Gasteiger partial charge in [-0.1, -0.05) is 18.2 Å². The molecule has 3 fully saturated rings. The third-order valence-corrected chi connectivity index (χ3v) is 3.83. The smallest absolute Gasteiger partial charge is 0.129 e. The first-order valence-electron chi connectivity index (χ1n) is 5.09. The lowest BCUT2D eigenvalue weighted by Gasteiger charge is -2.69. The second kappa shape index (κ2) is 2.19. The van der Waals surface area contributed by atoms with Gasteiger partial charge in [-0.05, 0) is 37.3 Å². The van der Waals surface area contributed by atoms with Crippen molar-refractivity contribution in [3.05, 3.63) is 35.1 Å². The highest BCUT2D eigenvalue weighted by Gasteiger charge is 2.67.